The van der Waals surface area contributed by atoms with E-state index in [0.717, 1.165) is 0 Å². The normalized spacial score (nSPS) is 10.6. The van der Waals surface area contributed by atoms with Crippen LogP contribution in [0.4, 0.5) is 5.69 Å². The molecule has 1 aromatic heterocycles. The van der Waals surface area contributed by atoms with Crippen molar-refractivity contribution in [3.63, 3.8) is 0 Å². The molecule has 7 nitrogen and oxygen atoms in total. The summed E-state index contributed by atoms with van der Waals surface area (Å²) in [5, 5.41) is 13.0. The number of hydrogen-bond acceptors (Lipinski definition) is 5. The molecule has 0 spiro atoms. The SMILES string of the molecule is CCn1ncc(N)c1C(=O)N(CCO)CCOC. The molecule has 18 heavy (non-hydrogen) atoms. The molecule has 1 amide bonds. The highest BCUT2D eigenvalue weighted by atomic mass is 16.5. The molecular weight excluding hydrogens is 236 g/mol. The Morgan fingerprint density at radius 1 is 1.61 bits per heavy atom. The lowest BCUT2D eigenvalue weighted by molar-refractivity contribution is 0.0645. The van der Waals surface area contributed by atoms with Crippen LogP contribution in [0.2, 0.25) is 0 Å². The number of aliphatic hydroxyl groups is 1. The molecule has 0 aliphatic heterocycles. The minimum Gasteiger partial charge on any atom is -0.396 e. The summed E-state index contributed by atoms with van der Waals surface area (Å²) >= 11 is 0. The molecule has 0 saturated heterocycles. The highest BCUT2D eigenvalue weighted by Gasteiger charge is 2.21. The predicted molar refractivity (Wildman–Crippen MR) is 67.2 cm³/mol. The summed E-state index contributed by atoms with van der Waals surface area (Å²) < 4.78 is 6.49. The lowest BCUT2D eigenvalue weighted by Crippen LogP contribution is -2.37. The minimum atomic E-state index is -0.238. The molecule has 0 unspecified atom stereocenters. The zero-order chi connectivity index (χ0) is 13.5. The van der Waals surface area contributed by atoms with E-state index >= 15 is 0 Å². The van der Waals surface area contributed by atoms with E-state index in [0.29, 0.717) is 31.1 Å². The number of methoxy groups -OCH3 is 1. The van der Waals surface area contributed by atoms with Crippen LogP contribution in [0.25, 0.3) is 0 Å². The fourth-order valence-corrected chi connectivity index (χ4v) is 1.66. The molecule has 7 heteroatoms. The van der Waals surface area contributed by atoms with E-state index in [9.17, 15) is 4.79 Å². The summed E-state index contributed by atoms with van der Waals surface area (Å²) in [6.45, 7) is 3.41. The summed E-state index contributed by atoms with van der Waals surface area (Å²) in [6, 6.07) is 0. The highest BCUT2D eigenvalue weighted by molar-refractivity contribution is 5.97. The number of aryl methyl sites for hydroxylation is 1. The van der Waals surface area contributed by atoms with Gasteiger partial charge in [-0.2, -0.15) is 5.10 Å². The quantitative estimate of drug-likeness (QED) is 0.690. The van der Waals surface area contributed by atoms with Gasteiger partial charge in [0.1, 0.15) is 5.69 Å². The predicted octanol–water partition coefficient (Wildman–Crippen LogP) is -0.434. The van der Waals surface area contributed by atoms with Crippen LogP contribution in [0.15, 0.2) is 6.20 Å². The molecule has 1 heterocycles. The lowest BCUT2D eigenvalue weighted by atomic mass is 10.3. The van der Waals surface area contributed by atoms with Crippen molar-refractivity contribution in [3.8, 4) is 0 Å². The number of ether oxygens (including phenoxy) is 1. The molecule has 3 N–H and O–H groups in total. The van der Waals surface area contributed by atoms with Crippen LogP contribution in [0.5, 0.6) is 0 Å². The third kappa shape index (κ3) is 3.21. The van der Waals surface area contributed by atoms with Crippen molar-refractivity contribution in [3.05, 3.63) is 11.9 Å². The van der Waals surface area contributed by atoms with Crippen molar-refractivity contribution in [2.75, 3.05) is 39.1 Å². The first kappa shape index (κ1) is 14.5. The molecule has 0 fully saturated rings. The van der Waals surface area contributed by atoms with E-state index in [4.69, 9.17) is 15.6 Å². The lowest BCUT2D eigenvalue weighted by Gasteiger charge is -2.21. The number of amides is 1. The highest BCUT2D eigenvalue weighted by Crippen LogP contribution is 2.13. The molecule has 1 rings (SSSR count). The van der Waals surface area contributed by atoms with E-state index in [1.807, 2.05) is 6.92 Å². The second-order valence-electron chi connectivity index (χ2n) is 3.77. The van der Waals surface area contributed by atoms with Gasteiger partial charge >= 0.3 is 0 Å². The number of aromatic nitrogens is 2. The number of nitrogens with two attached hydrogens (primary N) is 1. The number of carbonyl (C=O) groups excluding carboxylic acids is 1. The Kier molecular flexibility index (Phi) is 5.60. The van der Waals surface area contributed by atoms with E-state index in [1.165, 1.54) is 11.1 Å². The summed E-state index contributed by atoms with van der Waals surface area (Å²) in [5.74, 6) is -0.238. The van der Waals surface area contributed by atoms with Gasteiger partial charge < -0.3 is 20.5 Å². The van der Waals surface area contributed by atoms with Gasteiger partial charge in [0.25, 0.3) is 5.91 Å². The van der Waals surface area contributed by atoms with Gasteiger partial charge in [-0.05, 0) is 6.92 Å². The monoisotopic (exact) mass is 256 g/mol. The Bertz CT molecular complexity index is 392. The van der Waals surface area contributed by atoms with Gasteiger partial charge in [-0.15, -0.1) is 0 Å². The fourth-order valence-electron chi connectivity index (χ4n) is 1.66. The average molecular weight is 256 g/mol. The second-order valence-corrected chi connectivity index (χ2v) is 3.77. The van der Waals surface area contributed by atoms with Gasteiger partial charge in [-0.1, -0.05) is 0 Å². The first-order chi connectivity index (χ1) is 8.65. The van der Waals surface area contributed by atoms with Crippen LogP contribution in [0.1, 0.15) is 17.4 Å². The fraction of sp³-hybridized carbons (Fsp3) is 0.636. The third-order valence-electron chi connectivity index (χ3n) is 2.59. The second kappa shape index (κ2) is 6.97. The van der Waals surface area contributed by atoms with Crippen LogP contribution < -0.4 is 5.73 Å². The Labute approximate surface area is 106 Å². The van der Waals surface area contributed by atoms with Gasteiger partial charge in [0.05, 0.1) is 25.1 Å². The standard InChI is InChI=1S/C11H20N4O3/c1-3-15-10(9(12)8-13-15)11(17)14(4-6-16)5-7-18-2/h8,16H,3-7,12H2,1-2H3. The summed E-state index contributed by atoms with van der Waals surface area (Å²) in [7, 11) is 1.56. The zero-order valence-electron chi connectivity index (χ0n) is 10.8. The molecule has 0 radical (unpaired) electrons. The topological polar surface area (TPSA) is 93.6 Å². The van der Waals surface area contributed by atoms with E-state index < -0.39 is 0 Å². The number of rotatable bonds is 7. The summed E-state index contributed by atoms with van der Waals surface area (Å²) in [4.78, 5) is 13.8. The van der Waals surface area contributed by atoms with Crippen molar-refractivity contribution >= 4 is 11.6 Å². The number of carbonyl (C=O) groups is 1. The Hall–Kier alpha value is -1.60. The number of hydrogen-bond donors (Lipinski definition) is 2. The van der Waals surface area contributed by atoms with Gasteiger partial charge in [-0.25, -0.2) is 0 Å². The maximum absolute atomic E-state index is 12.3. The smallest absolute Gasteiger partial charge is 0.274 e. The average Bonchev–Trinajstić information content (AvgIpc) is 2.74. The minimum absolute atomic E-state index is 0.102. The van der Waals surface area contributed by atoms with E-state index in [-0.39, 0.29) is 19.1 Å². The van der Waals surface area contributed by atoms with Gasteiger partial charge in [0.2, 0.25) is 0 Å². The molecule has 0 aliphatic rings. The molecule has 0 aromatic carbocycles. The van der Waals surface area contributed by atoms with Crippen LogP contribution >= 0.6 is 0 Å². The van der Waals surface area contributed by atoms with Crippen molar-refractivity contribution in [1.82, 2.24) is 14.7 Å². The van der Waals surface area contributed by atoms with Crippen molar-refractivity contribution < 1.29 is 14.6 Å². The largest absolute Gasteiger partial charge is 0.396 e. The molecular formula is C11H20N4O3. The van der Waals surface area contributed by atoms with Crippen molar-refractivity contribution in [1.29, 1.82) is 0 Å². The van der Waals surface area contributed by atoms with Gasteiger partial charge in [0, 0.05) is 26.7 Å². The van der Waals surface area contributed by atoms with Crippen LogP contribution in [0.3, 0.4) is 0 Å². The molecule has 0 aliphatic carbocycles. The van der Waals surface area contributed by atoms with E-state index in [1.54, 1.807) is 11.8 Å². The van der Waals surface area contributed by atoms with Crippen molar-refractivity contribution in [2.24, 2.45) is 0 Å². The molecule has 0 atom stereocenters. The zero-order valence-corrected chi connectivity index (χ0v) is 10.8. The first-order valence-electron chi connectivity index (χ1n) is 5.86. The van der Waals surface area contributed by atoms with Crippen LogP contribution in [-0.2, 0) is 11.3 Å². The van der Waals surface area contributed by atoms with Gasteiger partial charge in [-0.3, -0.25) is 9.48 Å². The Morgan fingerprint density at radius 3 is 2.89 bits per heavy atom. The molecule has 0 saturated carbocycles. The maximum Gasteiger partial charge on any atom is 0.274 e. The molecule has 0 bridgehead atoms. The number of nitrogen functional groups attached to an aromatic ring is 1. The maximum atomic E-state index is 12.3. The first-order valence-corrected chi connectivity index (χ1v) is 5.86. The van der Waals surface area contributed by atoms with Crippen molar-refractivity contribution in [2.45, 2.75) is 13.5 Å². The third-order valence-corrected chi connectivity index (χ3v) is 2.59. The summed E-state index contributed by atoms with van der Waals surface area (Å²) in [5.41, 5.74) is 6.47. The number of nitrogens with zero attached hydrogens (tertiary/aromatic N) is 3. The van der Waals surface area contributed by atoms with Crippen LogP contribution in [-0.4, -0.2) is 59.1 Å². The van der Waals surface area contributed by atoms with Crippen LogP contribution in [0, 0.1) is 0 Å². The summed E-state index contributed by atoms with van der Waals surface area (Å²) in [6.07, 6.45) is 1.46. The van der Waals surface area contributed by atoms with E-state index in [2.05, 4.69) is 5.10 Å². The number of anilines is 1. The molecule has 102 valence electrons. The van der Waals surface area contributed by atoms with Gasteiger partial charge in [0.15, 0.2) is 0 Å². The molecule has 1 aromatic rings. The Balaban J connectivity index is 2.90. The Morgan fingerprint density at radius 2 is 2.33 bits per heavy atom. The number of aliphatic hydroxyl groups excluding tert-OH is 1.